The van der Waals surface area contributed by atoms with E-state index in [-0.39, 0.29) is 0 Å². The van der Waals surface area contributed by atoms with Crippen molar-refractivity contribution in [1.82, 2.24) is 0 Å². The molecule has 1 fully saturated rings. The molecule has 1 aliphatic heterocycles. The maximum atomic E-state index is 5.45. The van der Waals surface area contributed by atoms with Crippen molar-refractivity contribution in [2.24, 2.45) is 0 Å². The Morgan fingerprint density at radius 2 is 2.27 bits per heavy atom. The van der Waals surface area contributed by atoms with E-state index in [2.05, 4.69) is 52.0 Å². The third-order valence-corrected chi connectivity index (χ3v) is 3.42. The van der Waals surface area contributed by atoms with Gasteiger partial charge in [-0.1, -0.05) is 34.1 Å². The van der Waals surface area contributed by atoms with Crippen molar-refractivity contribution in [1.29, 1.82) is 0 Å². The Hall–Kier alpha value is -0.540. The first-order valence-corrected chi connectivity index (χ1v) is 6.43. The van der Waals surface area contributed by atoms with Crippen LogP contribution in [-0.2, 0) is 10.1 Å². The van der Waals surface area contributed by atoms with Gasteiger partial charge < -0.3 is 9.64 Å². The van der Waals surface area contributed by atoms with Gasteiger partial charge in [0.25, 0.3) is 0 Å². The maximum Gasteiger partial charge on any atom is 0.0668 e. The summed E-state index contributed by atoms with van der Waals surface area (Å²) in [5.74, 6) is 0. The summed E-state index contributed by atoms with van der Waals surface area (Å²) in [6.07, 6.45) is 0. The standard InChI is InChI=1S/C12H16BrNO/c1-10-9-15-7-6-14(10)12-5-3-2-4-11(12)8-13/h2-5,10H,6-9H2,1H3. The van der Waals surface area contributed by atoms with Crippen LogP contribution in [0.15, 0.2) is 24.3 Å². The van der Waals surface area contributed by atoms with Gasteiger partial charge in [-0.3, -0.25) is 0 Å². The summed E-state index contributed by atoms with van der Waals surface area (Å²) in [7, 11) is 0. The summed E-state index contributed by atoms with van der Waals surface area (Å²) >= 11 is 3.54. The van der Waals surface area contributed by atoms with Gasteiger partial charge in [0.1, 0.15) is 0 Å². The fourth-order valence-electron chi connectivity index (χ4n) is 1.99. The highest BCUT2D eigenvalue weighted by Gasteiger charge is 2.20. The molecule has 82 valence electrons. The van der Waals surface area contributed by atoms with E-state index in [0.717, 1.165) is 25.1 Å². The molecule has 1 atom stereocenters. The zero-order chi connectivity index (χ0) is 10.7. The Morgan fingerprint density at radius 1 is 1.47 bits per heavy atom. The minimum Gasteiger partial charge on any atom is -0.377 e. The zero-order valence-corrected chi connectivity index (χ0v) is 10.5. The molecule has 1 saturated heterocycles. The summed E-state index contributed by atoms with van der Waals surface area (Å²) in [4.78, 5) is 2.43. The van der Waals surface area contributed by atoms with Crippen LogP contribution in [-0.4, -0.2) is 25.8 Å². The quantitative estimate of drug-likeness (QED) is 0.766. The third-order valence-electron chi connectivity index (χ3n) is 2.81. The average Bonchev–Trinajstić information content (AvgIpc) is 2.30. The number of morpholine rings is 1. The fraction of sp³-hybridized carbons (Fsp3) is 0.500. The molecule has 0 bridgehead atoms. The van der Waals surface area contributed by atoms with E-state index >= 15 is 0 Å². The number of nitrogens with zero attached hydrogens (tertiary/aromatic N) is 1. The summed E-state index contributed by atoms with van der Waals surface area (Å²) in [5.41, 5.74) is 2.69. The molecule has 15 heavy (non-hydrogen) atoms. The molecule has 0 spiro atoms. The number of hydrogen-bond acceptors (Lipinski definition) is 2. The van der Waals surface area contributed by atoms with E-state index in [1.807, 2.05) is 0 Å². The Morgan fingerprint density at radius 3 is 3.00 bits per heavy atom. The zero-order valence-electron chi connectivity index (χ0n) is 8.95. The van der Waals surface area contributed by atoms with Crippen LogP contribution in [0, 0.1) is 0 Å². The second-order valence-corrected chi connectivity index (χ2v) is 4.44. The van der Waals surface area contributed by atoms with Crippen LogP contribution < -0.4 is 4.90 Å². The topological polar surface area (TPSA) is 12.5 Å². The van der Waals surface area contributed by atoms with Crippen LogP contribution in [0.2, 0.25) is 0 Å². The minimum atomic E-state index is 0.471. The van der Waals surface area contributed by atoms with Crippen LogP contribution in [0.5, 0.6) is 0 Å². The molecule has 0 radical (unpaired) electrons. The number of benzene rings is 1. The lowest BCUT2D eigenvalue weighted by atomic mass is 10.1. The lowest BCUT2D eigenvalue weighted by molar-refractivity contribution is 0.0989. The van der Waals surface area contributed by atoms with Gasteiger partial charge in [0.15, 0.2) is 0 Å². The molecule has 1 aliphatic rings. The van der Waals surface area contributed by atoms with Gasteiger partial charge in [0.2, 0.25) is 0 Å². The van der Waals surface area contributed by atoms with Gasteiger partial charge >= 0.3 is 0 Å². The molecule has 0 aromatic heterocycles. The maximum absolute atomic E-state index is 5.45. The molecule has 0 saturated carbocycles. The van der Waals surface area contributed by atoms with Crippen LogP contribution in [0.1, 0.15) is 12.5 Å². The molecule has 1 aromatic rings. The number of para-hydroxylation sites is 1. The monoisotopic (exact) mass is 269 g/mol. The highest BCUT2D eigenvalue weighted by molar-refractivity contribution is 9.08. The smallest absolute Gasteiger partial charge is 0.0668 e. The van der Waals surface area contributed by atoms with Crippen molar-refractivity contribution >= 4 is 21.6 Å². The second kappa shape index (κ2) is 4.99. The number of hydrogen-bond donors (Lipinski definition) is 0. The molecular formula is C12H16BrNO. The number of anilines is 1. The van der Waals surface area contributed by atoms with Gasteiger partial charge in [-0.2, -0.15) is 0 Å². The van der Waals surface area contributed by atoms with Crippen molar-refractivity contribution in [2.45, 2.75) is 18.3 Å². The summed E-state index contributed by atoms with van der Waals surface area (Å²) in [5, 5.41) is 0.910. The highest BCUT2D eigenvalue weighted by Crippen LogP contribution is 2.25. The molecule has 1 unspecified atom stereocenters. The lowest BCUT2D eigenvalue weighted by Crippen LogP contribution is -2.44. The fourth-order valence-corrected chi connectivity index (χ4v) is 2.46. The molecule has 2 nitrogen and oxygen atoms in total. The van der Waals surface area contributed by atoms with E-state index in [9.17, 15) is 0 Å². The normalized spacial score (nSPS) is 21.7. The largest absolute Gasteiger partial charge is 0.377 e. The number of halogens is 1. The summed E-state index contributed by atoms with van der Waals surface area (Å²) in [6.45, 7) is 4.87. The first kappa shape index (κ1) is 11.0. The predicted molar refractivity (Wildman–Crippen MR) is 66.7 cm³/mol. The van der Waals surface area contributed by atoms with E-state index in [1.165, 1.54) is 11.3 Å². The highest BCUT2D eigenvalue weighted by atomic mass is 79.9. The molecule has 0 amide bonds. The molecule has 1 aromatic carbocycles. The van der Waals surface area contributed by atoms with Gasteiger partial charge in [-0.15, -0.1) is 0 Å². The Balaban J connectivity index is 2.26. The third kappa shape index (κ3) is 2.34. The Labute approximate surface area is 99.4 Å². The Kier molecular flexibility index (Phi) is 3.65. The SMILES string of the molecule is CC1COCCN1c1ccccc1CBr. The van der Waals surface area contributed by atoms with Crippen molar-refractivity contribution in [2.75, 3.05) is 24.7 Å². The number of ether oxygens (including phenoxy) is 1. The summed E-state index contributed by atoms with van der Waals surface area (Å²) < 4.78 is 5.45. The molecule has 2 rings (SSSR count). The molecule has 1 heterocycles. The van der Waals surface area contributed by atoms with Gasteiger partial charge in [-0.05, 0) is 18.6 Å². The van der Waals surface area contributed by atoms with Gasteiger partial charge in [-0.25, -0.2) is 0 Å². The van der Waals surface area contributed by atoms with Gasteiger partial charge in [0, 0.05) is 23.6 Å². The molecular weight excluding hydrogens is 254 g/mol. The van der Waals surface area contributed by atoms with E-state index < -0.39 is 0 Å². The second-order valence-electron chi connectivity index (χ2n) is 3.88. The lowest BCUT2D eigenvalue weighted by Gasteiger charge is -2.36. The van der Waals surface area contributed by atoms with Crippen molar-refractivity contribution < 1.29 is 4.74 Å². The van der Waals surface area contributed by atoms with Crippen LogP contribution >= 0.6 is 15.9 Å². The molecule has 3 heteroatoms. The molecule has 0 aliphatic carbocycles. The van der Waals surface area contributed by atoms with E-state index in [0.29, 0.717) is 6.04 Å². The van der Waals surface area contributed by atoms with Crippen molar-refractivity contribution in [3.05, 3.63) is 29.8 Å². The first-order valence-electron chi connectivity index (χ1n) is 5.31. The Bertz CT molecular complexity index is 329. The first-order chi connectivity index (χ1) is 7.33. The van der Waals surface area contributed by atoms with Crippen LogP contribution in [0.3, 0.4) is 0 Å². The average molecular weight is 270 g/mol. The predicted octanol–water partition coefficient (Wildman–Crippen LogP) is 2.81. The van der Waals surface area contributed by atoms with Crippen molar-refractivity contribution in [3.63, 3.8) is 0 Å². The number of rotatable bonds is 2. The van der Waals surface area contributed by atoms with E-state index in [1.54, 1.807) is 0 Å². The van der Waals surface area contributed by atoms with E-state index in [4.69, 9.17) is 4.74 Å². The number of alkyl halides is 1. The summed E-state index contributed by atoms with van der Waals surface area (Å²) in [6, 6.07) is 9.03. The molecule has 0 N–H and O–H groups in total. The minimum absolute atomic E-state index is 0.471. The van der Waals surface area contributed by atoms with Crippen molar-refractivity contribution in [3.8, 4) is 0 Å². The van der Waals surface area contributed by atoms with Crippen LogP contribution in [0.4, 0.5) is 5.69 Å². The van der Waals surface area contributed by atoms with Gasteiger partial charge in [0.05, 0.1) is 13.2 Å². The van der Waals surface area contributed by atoms with Crippen LogP contribution in [0.25, 0.3) is 0 Å².